The van der Waals surface area contributed by atoms with Crippen molar-refractivity contribution in [3.63, 3.8) is 0 Å². The highest BCUT2D eigenvalue weighted by Gasteiger charge is 2.32. The van der Waals surface area contributed by atoms with Crippen LogP contribution in [0, 0.1) is 5.92 Å². The average molecular weight is 420 g/mol. The van der Waals surface area contributed by atoms with Crippen LogP contribution in [0.25, 0.3) is 10.4 Å². The zero-order chi connectivity index (χ0) is 20.9. The molecule has 0 radical (unpaired) electrons. The summed E-state index contributed by atoms with van der Waals surface area (Å²) in [7, 11) is 2.02. The fourth-order valence-corrected chi connectivity index (χ4v) is 5.41. The normalized spacial score (nSPS) is 18.2. The number of rotatable bonds is 7. The Hall–Kier alpha value is -2.43. The first-order valence-corrected chi connectivity index (χ1v) is 11.6. The summed E-state index contributed by atoms with van der Waals surface area (Å²) < 4.78 is 5.14. The molecule has 0 bridgehead atoms. The molecule has 1 aromatic heterocycles. The molecule has 0 spiro atoms. The molecule has 4 rings (SSSR count). The number of carbonyl (C=O) groups excluding carboxylic acids is 1. The molecule has 0 saturated heterocycles. The van der Waals surface area contributed by atoms with Gasteiger partial charge in [-0.15, -0.1) is 11.3 Å². The van der Waals surface area contributed by atoms with Crippen molar-refractivity contribution in [2.24, 2.45) is 5.92 Å². The van der Waals surface area contributed by atoms with E-state index in [0.29, 0.717) is 25.0 Å². The van der Waals surface area contributed by atoms with Gasteiger partial charge in [-0.2, -0.15) is 0 Å². The van der Waals surface area contributed by atoms with Crippen molar-refractivity contribution < 1.29 is 9.53 Å². The lowest BCUT2D eigenvalue weighted by atomic mass is 9.71. The molecule has 1 heterocycles. The number of ether oxygens (including phenoxy) is 1. The molecule has 0 fully saturated rings. The Morgan fingerprint density at radius 2 is 1.97 bits per heavy atom. The van der Waals surface area contributed by atoms with Gasteiger partial charge in [0, 0.05) is 17.3 Å². The second-order valence-electron chi connectivity index (χ2n) is 8.08. The quantitative estimate of drug-likeness (QED) is 0.467. The zero-order valence-electron chi connectivity index (χ0n) is 17.7. The van der Waals surface area contributed by atoms with E-state index in [2.05, 4.69) is 70.9 Å². The summed E-state index contributed by atoms with van der Waals surface area (Å²) in [6.45, 7) is 3.51. The van der Waals surface area contributed by atoms with Gasteiger partial charge in [0.15, 0.2) is 0 Å². The molecule has 3 nitrogen and oxygen atoms in total. The van der Waals surface area contributed by atoms with Crippen LogP contribution in [0.2, 0.25) is 0 Å². The first-order valence-electron chi connectivity index (χ1n) is 10.7. The van der Waals surface area contributed by atoms with Gasteiger partial charge in [-0.25, -0.2) is 0 Å². The van der Waals surface area contributed by atoms with Gasteiger partial charge >= 0.3 is 5.97 Å². The van der Waals surface area contributed by atoms with E-state index in [4.69, 9.17) is 4.74 Å². The Bertz CT molecular complexity index is 968. The van der Waals surface area contributed by atoms with E-state index in [1.54, 1.807) is 11.3 Å². The van der Waals surface area contributed by atoms with Gasteiger partial charge in [-0.1, -0.05) is 54.6 Å². The summed E-state index contributed by atoms with van der Waals surface area (Å²) in [6, 6.07) is 22.1. The lowest BCUT2D eigenvalue weighted by molar-refractivity contribution is -0.144. The molecule has 1 aliphatic rings. The maximum atomic E-state index is 11.9. The van der Waals surface area contributed by atoms with Crippen molar-refractivity contribution in [2.75, 3.05) is 26.7 Å². The van der Waals surface area contributed by atoms with Crippen molar-refractivity contribution >= 4 is 17.3 Å². The lowest BCUT2D eigenvalue weighted by Gasteiger charge is -2.36. The number of benzene rings is 2. The van der Waals surface area contributed by atoms with Crippen LogP contribution < -0.4 is 0 Å². The monoisotopic (exact) mass is 419 g/mol. The van der Waals surface area contributed by atoms with Crippen molar-refractivity contribution in [1.82, 2.24) is 4.90 Å². The topological polar surface area (TPSA) is 29.5 Å². The number of likely N-dealkylation sites (N-methyl/N-ethyl adjacent to an activating group) is 1. The van der Waals surface area contributed by atoms with E-state index >= 15 is 0 Å². The van der Waals surface area contributed by atoms with Gasteiger partial charge in [-0.05, 0) is 66.4 Å². The number of hydrogen-bond donors (Lipinski definition) is 0. The molecule has 4 heteroatoms. The van der Waals surface area contributed by atoms with E-state index < -0.39 is 0 Å². The van der Waals surface area contributed by atoms with Crippen molar-refractivity contribution in [3.05, 3.63) is 82.7 Å². The van der Waals surface area contributed by atoms with Crippen molar-refractivity contribution in [1.29, 1.82) is 0 Å². The molecule has 3 aromatic rings. The fourth-order valence-electron chi connectivity index (χ4n) is 4.68. The summed E-state index contributed by atoms with van der Waals surface area (Å²) in [6.07, 6.45) is 2.20. The molecule has 2 aromatic carbocycles. The van der Waals surface area contributed by atoms with Gasteiger partial charge in [-0.3, -0.25) is 9.69 Å². The Morgan fingerprint density at radius 3 is 2.70 bits per heavy atom. The van der Waals surface area contributed by atoms with Gasteiger partial charge in [0.2, 0.25) is 0 Å². The number of fused-ring (bicyclic) bond motifs is 1. The highest BCUT2D eigenvalue weighted by molar-refractivity contribution is 7.13. The molecule has 0 N–H and O–H groups in total. The van der Waals surface area contributed by atoms with Gasteiger partial charge in [0.05, 0.1) is 13.2 Å². The fraction of sp³-hybridized carbons (Fsp3) is 0.346. The first kappa shape index (κ1) is 20.8. The standard InChI is InChI=1S/C26H29NO2S/c1-3-29-25(28)18-27(2)17-22-12-11-20-16-21(24-10-7-15-30-24)13-14-23(20)26(22)19-8-5-4-6-9-19/h4-10,13-16,22,26H,3,11-12,17-18H2,1-2H3/t22-,26+/m1/s1. The molecule has 0 saturated carbocycles. The highest BCUT2D eigenvalue weighted by atomic mass is 32.1. The number of thiophene rings is 1. The first-order chi connectivity index (χ1) is 14.7. The smallest absolute Gasteiger partial charge is 0.320 e. The van der Waals surface area contributed by atoms with E-state index in [1.165, 1.54) is 27.1 Å². The van der Waals surface area contributed by atoms with E-state index in [-0.39, 0.29) is 5.97 Å². The Labute approximate surface area is 183 Å². The summed E-state index contributed by atoms with van der Waals surface area (Å²) in [5.74, 6) is 0.664. The summed E-state index contributed by atoms with van der Waals surface area (Å²) in [5, 5.41) is 2.14. The third-order valence-electron chi connectivity index (χ3n) is 5.95. The zero-order valence-corrected chi connectivity index (χ0v) is 18.5. The maximum Gasteiger partial charge on any atom is 0.320 e. The largest absolute Gasteiger partial charge is 0.465 e. The summed E-state index contributed by atoms with van der Waals surface area (Å²) in [5.41, 5.74) is 5.56. The van der Waals surface area contributed by atoms with Crippen molar-refractivity contribution in [2.45, 2.75) is 25.7 Å². The van der Waals surface area contributed by atoms with Gasteiger partial charge < -0.3 is 4.74 Å². The number of esters is 1. The number of aryl methyl sites for hydroxylation is 1. The van der Waals surface area contributed by atoms with Crippen LogP contribution in [0.3, 0.4) is 0 Å². The predicted octanol–water partition coefficient (Wildman–Crippen LogP) is 5.60. The van der Waals surface area contributed by atoms with Crippen molar-refractivity contribution in [3.8, 4) is 10.4 Å². The second kappa shape index (κ2) is 9.59. The van der Waals surface area contributed by atoms with Gasteiger partial charge in [0.1, 0.15) is 0 Å². The minimum atomic E-state index is -0.145. The van der Waals surface area contributed by atoms with E-state index in [0.717, 1.165) is 19.4 Å². The molecular formula is C26H29NO2S. The van der Waals surface area contributed by atoms with E-state index in [1.807, 2.05) is 14.0 Å². The molecule has 0 aliphatic heterocycles. The molecular weight excluding hydrogens is 390 g/mol. The third kappa shape index (κ3) is 4.66. The number of hydrogen-bond acceptors (Lipinski definition) is 4. The number of carbonyl (C=O) groups is 1. The Balaban J connectivity index is 1.62. The van der Waals surface area contributed by atoms with Crippen LogP contribution in [0.5, 0.6) is 0 Å². The molecule has 156 valence electrons. The molecule has 2 atom stereocenters. The minimum Gasteiger partial charge on any atom is -0.465 e. The molecule has 1 aliphatic carbocycles. The molecule has 0 unspecified atom stereocenters. The van der Waals surface area contributed by atoms with Crippen LogP contribution in [0.4, 0.5) is 0 Å². The van der Waals surface area contributed by atoms with Crippen LogP contribution in [0.1, 0.15) is 36.0 Å². The molecule has 30 heavy (non-hydrogen) atoms. The summed E-state index contributed by atoms with van der Waals surface area (Å²) in [4.78, 5) is 15.4. The Morgan fingerprint density at radius 1 is 1.13 bits per heavy atom. The lowest BCUT2D eigenvalue weighted by Crippen LogP contribution is -2.36. The second-order valence-corrected chi connectivity index (χ2v) is 9.03. The van der Waals surface area contributed by atoms with Crippen LogP contribution in [-0.4, -0.2) is 37.6 Å². The third-order valence-corrected chi connectivity index (χ3v) is 6.87. The summed E-state index contributed by atoms with van der Waals surface area (Å²) >= 11 is 1.79. The van der Waals surface area contributed by atoms with Crippen LogP contribution in [0.15, 0.2) is 66.0 Å². The average Bonchev–Trinajstić information content (AvgIpc) is 3.29. The minimum absolute atomic E-state index is 0.145. The van der Waals surface area contributed by atoms with Gasteiger partial charge in [0.25, 0.3) is 0 Å². The van der Waals surface area contributed by atoms with Crippen LogP contribution >= 0.6 is 11.3 Å². The molecule has 0 amide bonds. The number of nitrogens with zero attached hydrogens (tertiary/aromatic N) is 1. The highest BCUT2D eigenvalue weighted by Crippen LogP contribution is 2.42. The SMILES string of the molecule is CCOC(=O)CN(C)C[C@H]1CCc2cc(-c3cccs3)ccc2[C@H]1c1ccccc1. The predicted molar refractivity (Wildman–Crippen MR) is 124 cm³/mol. The van der Waals surface area contributed by atoms with Crippen LogP contribution in [-0.2, 0) is 16.0 Å². The Kier molecular flexibility index (Phi) is 6.66. The maximum absolute atomic E-state index is 11.9. The van der Waals surface area contributed by atoms with E-state index in [9.17, 15) is 4.79 Å².